The van der Waals surface area contributed by atoms with E-state index in [1.807, 2.05) is 18.2 Å². The predicted octanol–water partition coefficient (Wildman–Crippen LogP) is 3.38. The van der Waals surface area contributed by atoms with E-state index in [-0.39, 0.29) is 5.56 Å². The van der Waals surface area contributed by atoms with Crippen LogP contribution in [0.3, 0.4) is 0 Å². The molecule has 0 aliphatic rings. The van der Waals surface area contributed by atoms with Crippen LogP contribution in [-0.4, -0.2) is 25.3 Å². The van der Waals surface area contributed by atoms with Crippen molar-refractivity contribution in [3.8, 4) is 22.6 Å². The molecule has 0 fully saturated rings. The van der Waals surface area contributed by atoms with Gasteiger partial charge in [0.05, 0.1) is 19.8 Å². The van der Waals surface area contributed by atoms with Crippen LogP contribution in [0.25, 0.3) is 11.1 Å². The summed E-state index contributed by atoms with van der Waals surface area (Å²) in [5.74, 6) is 0.275. The molecule has 0 amide bonds. The Kier molecular flexibility index (Phi) is 3.94. The van der Waals surface area contributed by atoms with E-state index in [0.29, 0.717) is 17.1 Å². The fourth-order valence-electron chi connectivity index (χ4n) is 2.26. The Morgan fingerprint density at radius 1 is 1.00 bits per heavy atom. The zero-order valence-electron chi connectivity index (χ0n) is 11.6. The first-order valence-corrected chi connectivity index (χ1v) is 6.14. The monoisotopic (exact) mass is 272 g/mol. The molecule has 0 spiro atoms. The maximum atomic E-state index is 11.2. The third-order valence-electron chi connectivity index (χ3n) is 3.26. The molecule has 0 unspecified atom stereocenters. The molecule has 0 aromatic heterocycles. The number of carboxylic acid groups (broad SMARTS) is 1. The lowest BCUT2D eigenvalue weighted by atomic mass is 9.95. The molecule has 2 rings (SSSR count). The van der Waals surface area contributed by atoms with Crippen molar-refractivity contribution < 1.29 is 19.4 Å². The molecule has 0 heterocycles. The van der Waals surface area contributed by atoms with Crippen molar-refractivity contribution in [3.63, 3.8) is 0 Å². The first-order chi connectivity index (χ1) is 9.60. The molecule has 1 N–H and O–H groups in total. The SMILES string of the molecule is COc1cccc(-c2cccc(C(=O)O)c2C)c1OC. The number of hydrogen-bond acceptors (Lipinski definition) is 3. The molecule has 4 heteroatoms. The number of rotatable bonds is 4. The Morgan fingerprint density at radius 2 is 1.65 bits per heavy atom. The van der Waals surface area contributed by atoms with Gasteiger partial charge < -0.3 is 14.6 Å². The van der Waals surface area contributed by atoms with Gasteiger partial charge >= 0.3 is 5.97 Å². The standard InChI is InChI=1S/C16H16O4/c1-10-11(6-4-7-12(10)16(17)18)13-8-5-9-14(19-2)15(13)20-3/h4-9H,1-3H3,(H,17,18). The molecule has 4 nitrogen and oxygen atoms in total. The van der Waals surface area contributed by atoms with Crippen LogP contribution in [0, 0.1) is 6.92 Å². The fraction of sp³-hybridized carbons (Fsp3) is 0.188. The van der Waals surface area contributed by atoms with E-state index in [9.17, 15) is 9.90 Å². The normalized spacial score (nSPS) is 10.2. The summed E-state index contributed by atoms with van der Waals surface area (Å²) in [7, 11) is 3.14. The van der Waals surface area contributed by atoms with E-state index in [1.54, 1.807) is 39.3 Å². The average Bonchev–Trinajstić information content (AvgIpc) is 2.46. The third-order valence-corrected chi connectivity index (χ3v) is 3.26. The van der Waals surface area contributed by atoms with Gasteiger partial charge in [-0.25, -0.2) is 4.79 Å². The molecule has 0 saturated carbocycles. The lowest BCUT2D eigenvalue weighted by Crippen LogP contribution is -2.01. The molecule has 2 aromatic carbocycles. The summed E-state index contributed by atoms with van der Waals surface area (Å²) in [6, 6.07) is 10.7. The van der Waals surface area contributed by atoms with Crippen molar-refractivity contribution in [1.82, 2.24) is 0 Å². The zero-order valence-corrected chi connectivity index (χ0v) is 11.6. The van der Waals surface area contributed by atoms with Gasteiger partial charge in [-0.3, -0.25) is 0 Å². The Labute approximate surface area is 117 Å². The highest BCUT2D eigenvalue weighted by atomic mass is 16.5. The van der Waals surface area contributed by atoms with Gasteiger partial charge in [0.1, 0.15) is 0 Å². The average molecular weight is 272 g/mol. The molecule has 104 valence electrons. The summed E-state index contributed by atoms with van der Waals surface area (Å²) in [6.07, 6.45) is 0. The second kappa shape index (κ2) is 5.65. The highest BCUT2D eigenvalue weighted by Crippen LogP contribution is 2.39. The molecule has 0 bridgehead atoms. The number of para-hydroxylation sites is 1. The maximum Gasteiger partial charge on any atom is 0.335 e. The first-order valence-electron chi connectivity index (χ1n) is 6.14. The molecular weight excluding hydrogens is 256 g/mol. The van der Waals surface area contributed by atoms with E-state index < -0.39 is 5.97 Å². The highest BCUT2D eigenvalue weighted by molar-refractivity contribution is 5.92. The number of methoxy groups -OCH3 is 2. The van der Waals surface area contributed by atoms with Crippen molar-refractivity contribution in [3.05, 3.63) is 47.5 Å². The molecule has 2 aromatic rings. The Balaban J connectivity index is 2.69. The van der Waals surface area contributed by atoms with E-state index in [2.05, 4.69) is 0 Å². The molecule has 0 radical (unpaired) electrons. The first kappa shape index (κ1) is 13.9. The van der Waals surface area contributed by atoms with Crippen molar-refractivity contribution in [1.29, 1.82) is 0 Å². The number of carbonyl (C=O) groups is 1. The van der Waals surface area contributed by atoms with Crippen LogP contribution in [0.5, 0.6) is 11.5 Å². The molecule has 0 atom stereocenters. The predicted molar refractivity (Wildman–Crippen MR) is 76.7 cm³/mol. The van der Waals surface area contributed by atoms with Crippen molar-refractivity contribution in [2.45, 2.75) is 6.92 Å². The lowest BCUT2D eigenvalue weighted by molar-refractivity contribution is 0.0696. The minimum Gasteiger partial charge on any atom is -0.493 e. The van der Waals surface area contributed by atoms with Gasteiger partial charge in [-0.1, -0.05) is 24.3 Å². The summed E-state index contributed by atoms with van der Waals surface area (Å²) < 4.78 is 10.7. The number of hydrogen-bond donors (Lipinski definition) is 1. The molecule has 0 aliphatic carbocycles. The van der Waals surface area contributed by atoms with Crippen LogP contribution < -0.4 is 9.47 Å². The molecular formula is C16H16O4. The quantitative estimate of drug-likeness (QED) is 0.927. The van der Waals surface area contributed by atoms with Crippen LogP contribution in [0.4, 0.5) is 0 Å². The van der Waals surface area contributed by atoms with Gasteiger partial charge in [0.2, 0.25) is 0 Å². The number of aromatic carboxylic acids is 1. The zero-order chi connectivity index (χ0) is 14.7. The smallest absolute Gasteiger partial charge is 0.335 e. The largest absolute Gasteiger partial charge is 0.493 e. The van der Waals surface area contributed by atoms with Crippen molar-refractivity contribution in [2.24, 2.45) is 0 Å². The fourth-order valence-corrected chi connectivity index (χ4v) is 2.26. The van der Waals surface area contributed by atoms with Crippen LogP contribution in [0.15, 0.2) is 36.4 Å². The third kappa shape index (κ3) is 2.32. The minimum absolute atomic E-state index is 0.285. The minimum atomic E-state index is -0.939. The Bertz CT molecular complexity index is 647. The van der Waals surface area contributed by atoms with Gasteiger partial charge in [0.15, 0.2) is 11.5 Å². The van der Waals surface area contributed by atoms with Gasteiger partial charge in [0.25, 0.3) is 0 Å². The van der Waals surface area contributed by atoms with Gasteiger partial charge in [0, 0.05) is 5.56 Å². The van der Waals surface area contributed by atoms with Crippen molar-refractivity contribution in [2.75, 3.05) is 14.2 Å². The molecule has 20 heavy (non-hydrogen) atoms. The van der Waals surface area contributed by atoms with Crippen LogP contribution in [0.2, 0.25) is 0 Å². The van der Waals surface area contributed by atoms with Gasteiger partial charge in [-0.05, 0) is 30.2 Å². The summed E-state index contributed by atoms with van der Waals surface area (Å²) in [6.45, 7) is 1.79. The van der Waals surface area contributed by atoms with Crippen LogP contribution >= 0.6 is 0 Å². The van der Waals surface area contributed by atoms with Gasteiger partial charge in [-0.15, -0.1) is 0 Å². The lowest BCUT2D eigenvalue weighted by Gasteiger charge is -2.15. The topological polar surface area (TPSA) is 55.8 Å². The Hall–Kier alpha value is -2.49. The second-order valence-electron chi connectivity index (χ2n) is 4.32. The molecule has 0 saturated heterocycles. The van der Waals surface area contributed by atoms with Crippen LogP contribution in [-0.2, 0) is 0 Å². The summed E-state index contributed by atoms with van der Waals surface area (Å²) >= 11 is 0. The number of ether oxygens (including phenoxy) is 2. The van der Waals surface area contributed by atoms with Gasteiger partial charge in [-0.2, -0.15) is 0 Å². The summed E-state index contributed by atoms with van der Waals surface area (Å²) in [5.41, 5.74) is 2.62. The van der Waals surface area contributed by atoms with E-state index in [1.165, 1.54) is 0 Å². The Morgan fingerprint density at radius 3 is 2.25 bits per heavy atom. The van der Waals surface area contributed by atoms with Crippen LogP contribution in [0.1, 0.15) is 15.9 Å². The van der Waals surface area contributed by atoms with E-state index >= 15 is 0 Å². The summed E-state index contributed by atoms with van der Waals surface area (Å²) in [4.78, 5) is 11.2. The second-order valence-corrected chi connectivity index (χ2v) is 4.32. The highest BCUT2D eigenvalue weighted by Gasteiger charge is 2.16. The number of carboxylic acids is 1. The number of benzene rings is 2. The van der Waals surface area contributed by atoms with Crippen molar-refractivity contribution >= 4 is 5.97 Å². The van der Waals surface area contributed by atoms with E-state index in [4.69, 9.17) is 9.47 Å². The van der Waals surface area contributed by atoms with E-state index in [0.717, 1.165) is 11.1 Å². The molecule has 0 aliphatic heterocycles. The maximum absolute atomic E-state index is 11.2. The summed E-state index contributed by atoms with van der Waals surface area (Å²) in [5, 5.41) is 9.21.